The standard InChI is InChI=1S/C16H11N3O4/c20-14-9-16(10-4-3-5-11(8-10)19(22)23)17-12-6-1-2-7-13(12)18(16)15(14)21/h1-9,17,20H. The SMILES string of the molecule is O=C1C(O)=CC2(c3cccc([N+](=O)[O-])c3)Nc3ccccc3N12. The number of hydrogen-bond acceptors (Lipinski definition) is 5. The number of rotatable bonds is 2. The molecule has 0 saturated heterocycles. The Morgan fingerprint density at radius 3 is 2.74 bits per heavy atom. The fraction of sp³-hybridized carbons (Fsp3) is 0.0625. The highest BCUT2D eigenvalue weighted by Gasteiger charge is 2.53. The van der Waals surface area contributed by atoms with E-state index in [0.29, 0.717) is 11.3 Å². The second-order valence-corrected chi connectivity index (χ2v) is 5.39. The van der Waals surface area contributed by atoms with Gasteiger partial charge in [-0.2, -0.15) is 0 Å². The van der Waals surface area contributed by atoms with Crippen LogP contribution in [0.15, 0.2) is 60.4 Å². The van der Waals surface area contributed by atoms with Crippen molar-refractivity contribution in [3.8, 4) is 0 Å². The van der Waals surface area contributed by atoms with Crippen molar-refractivity contribution in [1.29, 1.82) is 0 Å². The van der Waals surface area contributed by atoms with Gasteiger partial charge < -0.3 is 10.4 Å². The summed E-state index contributed by atoms with van der Waals surface area (Å²) in [6, 6.07) is 13.2. The van der Waals surface area contributed by atoms with Crippen LogP contribution in [0.4, 0.5) is 17.1 Å². The Labute approximate surface area is 130 Å². The van der Waals surface area contributed by atoms with Crippen LogP contribution in [-0.2, 0) is 10.5 Å². The van der Waals surface area contributed by atoms with Crippen LogP contribution in [-0.4, -0.2) is 15.9 Å². The predicted molar refractivity (Wildman–Crippen MR) is 83.0 cm³/mol. The number of aliphatic hydroxyl groups excluding tert-OH is 1. The molecule has 114 valence electrons. The molecule has 2 aliphatic rings. The van der Waals surface area contributed by atoms with Gasteiger partial charge in [0.15, 0.2) is 11.4 Å². The molecule has 7 heteroatoms. The quantitative estimate of drug-likeness (QED) is 0.657. The predicted octanol–water partition coefficient (Wildman–Crippen LogP) is 2.66. The molecule has 4 rings (SSSR count). The van der Waals surface area contributed by atoms with Gasteiger partial charge in [-0.15, -0.1) is 0 Å². The van der Waals surface area contributed by atoms with Gasteiger partial charge in [-0.1, -0.05) is 24.3 Å². The van der Waals surface area contributed by atoms with Gasteiger partial charge >= 0.3 is 0 Å². The number of fused-ring (bicyclic) bond motifs is 3. The third-order valence-corrected chi connectivity index (χ3v) is 4.09. The van der Waals surface area contributed by atoms with Crippen LogP contribution in [0.5, 0.6) is 0 Å². The normalized spacial score (nSPS) is 21.5. The van der Waals surface area contributed by atoms with Crippen molar-refractivity contribution in [2.75, 3.05) is 10.2 Å². The van der Waals surface area contributed by atoms with Crippen LogP contribution in [0.25, 0.3) is 0 Å². The zero-order chi connectivity index (χ0) is 16.2. The lowest BCUT2D eigenvalue weighted by Crippen LogP contribution is -2.45. The molecular formula is C16H11N3O4. The van der Waals surface area contributed by atoms with Crippen molar-refractivity contribution in [2.45, 2.75) is 5.66 Å². The van der Waals surface area contributed by atoms with Gasteiger partial charge in [0.25, 0.3) is 11.6 Å². The van der Waals surface area contributed by atoms with E-state index in [2.05, 4.69) is 5.32 Å². The first-order valence-electron chi connectivity index (χ1n) is 6.91. The van der Waals surface area contributed by atoms with Gasteiger partial charge in [0.05, 0.1) is 16.3 Å². The monoisotopic (exact) mass is 309 g/mol. The molecule has 0 saturated carbocycles. The van der Waals surface area contributed by atoms with Gasteiger partial charge in [-0.3, -0.25) is 19.8 Å². The van der Waals surface area contributed by atoms with Gasteiger partial charge in [-0.05, 0) is 12.1 Å². The fourth-order valence-electron chi connectivity index (χ4n) is 3.11. The highest BCUT2D eigenvalue weighted by Crippen LogP contribution is 2.50. The minimum absolute atomic E-state index is 0.0816. The minimum atomic E-state index is -1.16. The van der Waals surface area contributed by atoms with Crippen molar-refractivity contribution in [3.05, 3.63) is 76.0 Å². The molecular weight excluding hydrogens is 298 g/mol. The maximum atomic E-state index is 12.4. The lowest BCUT2D eigenvalue weighted by molar-refractivity contribution is -0.384. The van der Waals surface area contributed by atoms with E-state index in [-0.39, 0.29) is 5.69 Å². The number of anilines is 2. The number of carbonyl (C=O) groups excluding carboxylic acids is 1. The summed E-state index contributed by atoms with van der Waals surface area (Å²) in [6.07, 6.45) is 1.38. The first-order chi connectivity index (χ1) is 11.0. The number of para-hydroxylation sites is 2. The molecule has 2 N–H and O–H groups in total. The van der Waals surface area contributed by atoms with Gasteiger partial charge in [0.1, 0.15) is 0 Å². The number of non-ortho nitro benzene ring substituents is 1. The lowest BCUT2D eigenvalue weighted by atomic mass is 9.99. The van der Waals surface area contributed by atoms with E-state index in [9.17, 15) is 20.0 Å². The second-order valence-electron chi connectivity index (χ2n) is 5.39. The highest BCUT2D eigenvalue weighted by molar-refractivity contribution is 6.13. The number of amides is 1. The number of nitro groups is 1. The number of aliphatic hydroxyl groups is 1. The van der Waals surface area contributed by atoms with Crippen LogP contribution < -0.4 is 10.2 Å². The Morgan fingerprint density at radius 1 is 1.17 bits per heavy atom. The van der Waals surface area contributed by atoms with Crippen LogP contribution in [0, 0.1) is 10.1 Å². The Balaban J connectivity index is 1.94. The van der Waals surface area contributed by atoms with Crippen LogP contribution in [0.3, 0.4) is 0 Å². The van der Waals surface area contributed by atoms with E-state index in [1.807, 2.05) is 12.1 Å². The summed E-state index contributed by atoms with van der Waals surface area (Å²) in [5.41, 5.74) is 0.596. The molecule has 2 aromatic rings. The molecule has 0 aliphatic carbocycles. The maximum absolute atomic E-state index is 12.4. The molecule has 0 fully saturated rings. The summed E-state index contributed by atoms with van der Waals surface area (Å²) in [6.45, 7) is 0. The molecule has 0 bridgehead atoms. The Hall–Kier alpha value is -3.35. The number of nitrogens with zero attached hydrogens (tertiary/aromatic N) is 2. The molecule has 7 nitrogen and oxygen atoms in total. The van der Waals surface area contributed by atoms with Crippen LogP contribution in [0.1, 0.15) is 5.56 Å². The third-order valence-electron chi connectivity index (χ3n) is 4.09. The molecule has 2 heterocycles. The smallest absolute Gasteiger partial charge is 0.295 e. The fourth-order valence-corrected chi connectivity index (χ4v) is 3.11. The zero-order valence-corrected chi connectivity index (χ0v) is 11.8. The van der Waals surface area contributed by atoms with Crippen LogP contribution >= 0.6 is 0 Å². The van der Waals surface area contributed by atoms with Gasteiger partial charge in [-0.25, -0.2) is 0 Å². The van der Waals surface area contributed by atoms with E-state index < -0.39 is 22.3 Å². The minimum Gasteiger partial charge on any atom is -0.503 e. The Morgan fingerprint density at radius 2 is 1.96 bits per heavy atom. The molecule has 2 aliphatic heterocycles. The number of hydrogen-bond donors (Lipinski definition) is 2. The Kier molecular flexibility index (Phi) is 2.51. The lowest BCUT2D eigenvalue weighted by Gasteiger charge is -2.31. The van der Waals surface area contributed by atoms with E-state index >= 15 is 0 Å². The third kappa shape index (κ3) is 1.67. The zero-order valence-electron chi connectivity index (χ0n) is 11.8. The number of nitro benzene ring substituents is 1. The summed E-state index contributed by atoms with van der Waals surface area (Å²) >= 11 is 0. The van der Waals surface area contributed by atoms with Crippen LogP contribution in [0.2, 0.25) is 0 Å². The van der Waals surface area contributed by atoms with E-state index in [0.717, 1.165) is 5.69 Å². The van der Waals surface area contributed by atoms with Crippen molar-refractivity contribution in [1.82, 2.24) is 0 Å². The van der Waals surface area contributed by atoms with E-state index in [1.54, 1.807) is 24.3 Å². The first-order valence-corrected chi connectivity index (χ1v) is 6.91. The second kappa shape index (κ2) is 4.33. The number of carbonyl (C=O) groups is 1. The Bertz CT molecular complexity index is 892. The molecule has 1 unspecified atom stereocenters. The van der Waals surface area contributed by atoms with Gasteiger partial charge in [0, 0.05) is 23.8 Å². The molecule has 2 aromatic carbocycles. The van der Waals surface area contributed by atoms with Gasteiger partial charge in [0.2, 0.25) is 0 Å². The summed E-state index contributed by atoms with van der Waals surface area (Å²) in [5.74, 6) is -0.938. The van der Waals surface area contributed by atoms with Crippen molar-refractivity contribution >= 4 is 23.0 Å². The molecule has 0 aromatic heterocycles. The molecule has 1 atom stereocenters. The summed E-state index contributed by atoms with van der Waals surface area (Å²) in [4.78, 5) is 24.3. The number of nitrogens with one attached hydrogen (secondary N) is 1. The topological polar surface area (TPSA) is 95.7 Å². The molecule has 23 heavy (non-hydrogen) atoms. The van der Waals surface area contributed by atoms with E-state index in [1.165, 1.54) is 23.1 Å². The first kappa shape index (κ1) is 13.3. The number of benzene rings is 2. The summed E-state index contributed by atoms with van der Waals surface area (Å²) in [5, 5.41) is 24.2. The average Bonchev–Trinajstić information content (AvgIpc) is 3.00. The largest absolute Gasteiger partial charge is 0.503 e. The maximum Gasteiger partial charge on any atom is 0.295 e. The molecule has 1 amide bonds. The van der Waals surface area contributed by atoms with Crippen molar-refractivity contribution < 1.29 is 14.8 Å². The summed E-state index contributed by atoms with van der Waals surface area (Å²) < 4.78 is 0. The van der Waals surface area contributed by atoms with Crippen molar-refractivity contribution in [3.63, 3.8) is 0 Å². The van der Waals surface area contributed by atoms with E-state index in [4.69, 9.17) is 0 Å². The summed E-state index contributed by atoms with van der Waals surface area (Å²) in [7, 11) is 0. The molecule has 0 radical (unpaired) electrons. The average molecular weight is 309 g/mol. The highest BCUT2D eigenvalue weighted by atomic mass is 16.6. The van der Waals surface area contributed by atoms with Crippen molar-refractivity contribution in [2.24, 2.45) is 0 Å². The molecule has 0 spiro atoms.